The number of hydrogen-bond acceptors (Lipinski definition) is 8. The van der Waals surface area contributed by atoms with E-state index in [1.165, 1.54) is 4.90 Å². The van der Waals surface area contributed by atoms with Gasteiger partial charge >= 0.3 is 6.09 Å². The number of aliphatic hydroxyl groups excluding tert-OH is 2. The molecular formula is C37H50N3O7-. The van der Waals surface area contributed by atoms with Crippen LogP contribution in [-0.4, -0.2) is 75.8 Å². The van der Waals surface area contributed by atoms with Crippen molar-refractivity contribution in [1.29, 1.82) is 0 Å². The molecule has 4 atom stereocenters. The van der Waals surface area contributed by atoms with Crippen molar-refractivity contribution in [3.8, 4) is 5.75 Å². The van der Waals surface area contributed by atoms with Crippen LogP contribution in [0.1, 0.15) is 58.2 Å². The molecule has 0 heterocycles. The van der Waals surface area contributed by atoms with E-state index in [1.807, 2.05) is 84.9 Å². The van der Waals surface area contributed by atoms with E-state index in [4.69, 9.17) is 9.47 Å². The van der Waals surface area contributed by atoms with Crippen molar-refractivity contribution in [2.45, 2.75) is 96.4 Å². The number of rotatable bonds is 15. The Balaban J connectivity index is 1.75. The normalized spacial score (nSPS) is 14.4. The molecule has 10 heteroatoms. The quantitative estimate of drug-likeness (QED) is 0.193. The highest BCUT2D eigenvalue weighted by Crippen LogP contribution is 2.24. The number of carboxylic acid groups (broad SMARTS) is 1. The molecule has 0 bridgehead atoms. The van der Waals surface area contributed by atoms with Gasteiger partial charge in [-0.3, -0.25) is 0 Å². The van der Waals surface area contributed by atoms with Crippen molar-refractivity contribution in [2.24, 2.45) is 0 Å². The summed E-state index contributed by atoms with van der Waals surface area (Å²) in [6, 6.07) is 24.9. The number of alkyl carbamates (subject to hydrolysis) is 1. The first-order chi connectivity index (χ1) is 22.1. The summed E-state index contributed by atoms with van der Waals surface area (Å²) in [5.41, 5.74) is 1.06. The van der Waals surface area contributed by atoms with Gasteiger partial charge in [0.1, 0.15) is 24.1 Å². The average molecular weight is 649 g/mol. The third-order valence-corrected chi connectivity index (χ3v) is 7.51. The molecule has 0 aliphatic rings. The predicted octanol–water partition coefficient (Wildman–Crippen LogP) is 4.07. The molecule has 3 aromatic carbocycles. The first kappa shape index (κ1) is 37.3. The maximum atomic E-state index is 12.8. The Labute approximate surface area is 278 Å². The Hall–Kier alpha value is -4.12. The second kappa shape index (κ2) is 17.2. The summed E-state index contributed by atoms with van der Waals surface area (Å²) in [5, 5.41) is 40.8. The van der Waals surface area contributed by atoms with E-state index in [2.05, 4.69) is 10.6 Å². The third kappa shape index (κ3) is 12.5. The SMILES string of the molecule is CC(C)(C)OC(=O)N[C@@H](Cc1ccccc1OCc1ccccc1)[C@H](O)CNC[C@@H](O)[C@H](Cc1ccccc1)N(C(=O)[O-])C(C)(C)C. The first-order valence-corrected chi connectivity index (χ1v) is 16.0. The van der Waals surface area contributed by atoms with Crippen molar-refractivity contribution < 1.29 is 34.4 Å². The fourth-order valence-corrected chi connectivity index (χ4v) is 5.35. The molecule has 0 saturated carbocycles. The molecule has 3 rings (SSSR count). The number of para-hydroxylation sites is 1. The third-order valence-electron chi connectivity index (χ3n) is 7.51. The van der Waals surface area contributed by atoms with Crippen LogP contribution in [0.5, 0.6) is 5.75 Å². The van der Waals surface area contributed by atoms with Gasteiger partial charge in [-0.1, -0.05) is 78.9 Å². The number of hydrogen-bond donors (Lipinski definition) is 4. The predicted molar refractivity (Wildman–Crippen MR) is 180 cm³/mol. The molecule has 0 unspecified atom stereocenters. The zero-order chi connectivity index (χ0) is 34.6. The van der Waals surface area contributed by atoms with Gasteiger partial charge in [-0.2, -0.15) is 0 Å². The van der Waals surface area contributed by atoms with Crippen LogP contribution in [0.15, 0.2) is 84.9 Å². The van der Waals surface area contributed by atoms with Crippen LogP contribution in [0.2, 0.25) is 0 Å². The summed E-state index contributed by atoms with van der Waals surface area (Å²) in [5.74, 6) is 0.622. The second-order valence-corrected chi connectivity index (χ2v) is 13.7. The van der Waals surface area contributed by atoms with E-state index in [0.29, 0.717) is 12.4 Å². The van der Waals surface area contributed by atoms with Crippen LogP contribution in [0.3, 0.4) is 0 Å². The van der Waals surface area contributed by atoms with E-state index in [0.717, 1.165) is 16.7 Å². The van der Waals surface area contributed by atoms with E-state index in [1.54, 1.807) is 41.5 Å². The average Bonchev–Trinajstić information content (AvgIpc) is 2.99. The van der Waals surface area contributed by atoms with Crippen LogP contribution in [-0.2, 0) is 24.2 Å². The van der Waals surface area contributed by atoms with Crippen molar-refractivity contribution >= 4 is 12.2 Å². The molecule has 0 spiro atoms. The fourth-order valence-electron chi connectivity index (χ4n) is 5.35. The topological polar surface area (TPSA) is 143 Å². The Morgan fingerprint density at radius 2 is 1.34 bits per heavy atom. The fraction of sp³-hybridized carbons (Fsp3) is 0.459. The number of aliphatic hydroxyl groups is 2. The molecule has 0 aliphatic carbocycles. The number of amides is 2. The van der Waals surface area contributed by atoms with Gasteiger partial charge in [-0.25, -0.2) is 4.79 Å². The summed E-state index contributed by atoms with van der Waals surface area (Å²) < 4.78 is 11.6. The molecule has 0 fully saturated rings. The lowest BCUT2D eigenvalue weighted by atomic mass is 9.94. The molecule has 0 aliphatic heterocycles. The summed E-state index contributed by atoms with van der Waals surface area (Å²) in [6.45, 7) is 10.8. The molecule has 10 nitrogen and oxygen atoms in total. The number of nitrogens with one attached hydrogen (secondary N) is 2. The van der Waals surface area contributed by atoms with Crippen LogP contribution in [0.25, 0.3) is 0 Å². The van der Waals surface area contributed by atoms with Crippen molar-refractivity contribution in [3.05, 3.63) is 102 Å². The van der Waals surface area contributed by atoms with Crippen molar-refractivity contribution in [2.75, 3.05) is 13.1 Å². The van der Waals surface area contributed by atoms with E-state index in [-0.39, 0.29) is 25.9 Å². The van der Waals surface area contributed by atoms with E-state index >= 15 is 0 Å². The minimum absolute atomic E-state index is 0.0105. The van der Waals surface area contributed by atoms with E-state index < -0.39 is 47.6 Å². The zero-order valence-corrected chi connectivity index (χ0v) is 28.3. The molecule has 0 saturated heterocycles. The van der Waals surface area contributed by atoms with Gasteiger partial charge in [-0.15, -0.1) is 0 Å². The monoisotopic (exact) mass is 648 g/mol. The first-order valence-electron chi connectivity index (χ1n) is 16.0. The number of nitrogens with zero attached hydrogens (tertiary/aromatic N) is 1. The van der Waals surface area contributed by atoms with Crippen molar-refractivity contribution in [1.82, 2.24) is 15.5 Å². The summed E-state index contributed by atoms with van der Waals surface area (Å²) >= 11 is 0. The maximum absolute atomic E-state index is 12.8. The molecule has 2 amide bonds. The summed E-state index contributed by atoms with van der Waals surface area (Å²) in [6.07, 6.45) is -3.81. The standard InChI is InChI=1S/C37H51N3O7/c1-36(2,3)40(35(44)45)30(21-26-15-9-7-10-16-26)32(42)24-38-23-31(41)29(39-34(43)47-37(4,5)6)22-28-19-13-14-20-33(28)46-25-27-17-11-8-12-18-27/h7-20,29-32,38,41-42H,21-25H2,1-6H3,(H,39,43)(H,44,45)/p-1/t29-,30-,31+,32+/m0/s1. The maximum Gasteiger partial charge on any atom is 0.407 e. The zero-order valence-electron chi connectivity index (χ0n) is 28.3. The lowest BCUT2D eigenvalue weighted by Gasteiger charge is -2.45. The number of ether oxygens (including phenoxy) is 2. The molecule has 47 heavy (non-hydrogen) atoms. The van der Waals surface area contributed by atoms with Gasteiger partial charge < -0.3 is 45.1 Å². The molecule has 3 aromatic rings. The lowest BCUT2D eigenvalue weighted by Crippen LogP contribution is -2.62. The summed E-state index contributed by atoms with van der Waals surface area (Å²) in [7, 11) is 0. The van der Waals surface area contributed by atoms with Gasteiger partial charge in [0.15, 0.2) is 0 Å². The largest absolute Gasteiger partial charge is 0.530 e. The second-order valence-electron chi connectivity index (χ2n) is 13.7. The van der Waals surface area contributed by atoms with Crippen LogP contribution < -0.4 is 20.5 Å². The molecule has 256 valence electrons. The molecule has 0 aromatic heterocycles. The number of benzene rings is 3. The molecular weight excluding hydrogens is 598 g/mol. The van der Waals surface area contributed by atoms with Crippen LogP contribution >= 0.6 is 0 Å². The highest BCUT2D eigenvalue weighted by atomic mass is 16.6. The van der Waals surface area contributed by atoms with Crippen molar-refractivity contribution in [3.63, 3.8) is 0 Å². The highest BCUT2D eigenvalue weighted by molar-refractivity contribution is 5.68. The molecule has 4 N–H and O–H groups in total. The minimum Gasteiger partial charge on any atom is -0.530 e. The van der Waals surface area contributed by atoms with Gasteiger partial charge in [0.25, 0.3) is 0 Å². The number of carbonyl (C=O) groups is 2. The van der Waals surface area contributed by atoms with Crippen LogP contribution in [0.4, 0.5) is 9.59 Å². The smallest absolute Gasteiger partial charge is 0.407 e. The number of carbonyl (C=O) groups excluding carboxylic acids is 2. The Kier molecular flexibility index (Phi) is 13.6. The van der Waals surface area contributed by atoms with Gasteiger partial charge in [0, 0.05) is 18.6 Å². The van der Waals surface area contributed by atoms with Gasteiger partial charge in [0.2, 0.25) is 0 Å². The van der Waals surface area contributed by atoms with Gasteiger partial charge in [-0.05, 0) is 77.1 Å². The van der Waals surface area contributed by atoms with E-state index in [9.17, 15) is 24.9 Å². The minimum atomic E-state index is -1.38. The lowest BCUT2D eigenvalue weighted by molar-refractivity contribution is -0.275. The van der Waals surface area contributed by atoms with Gasteiger partial charge in [0.05, 0.1) is 24.3 Å². The Morgan fingerprint density at radius 1 is 0.787 bits per heavy atom. The Bertz CT molecular complexity index is 1390. The molecule has 0 radical (unpaired) electrons. The highest BCUT2D eigenvalue weighted by Gasteiger charge is 2.34. The van der Waals surface area contributed by atoms with Crippen LogP contribution in [0, 0.1) is 0 Å². The Morgan fingerprint density at radius 3 is 1.91 bits per heavy atom. The summed E-state index contributed by atoms with van der Waals surface area (Å²) in [4.78, 5) is 26.3.